The van der Waals surface area contributed by atoms with Crippen LogP contribution in [0.25, 0.3) is 0 Å². The molecule has 0 rings (SSSR count). The van der Waals surface area contributed by atoms with Crippen molar-refractivity contribution in [1.29, 1.82) is 0 Å². The topological polar surface area (TPSA) is 26.3 Å². The first-order valence-corrected chi connectivity index (χ1v) is 14.6. The standard InChI is InChI=1S/C22H46O2Si/c1-6-7-8-9-10-12-15-18-21(25(3,4)5)19-16-13-11-14-17-20-22(23)24-2/h21H,6-20H2,1-5H3. The number of esters is 1. The van der Waals surface area contributed by atoms with E-state index in [1.807, 2.05) is 0 Å². The van der Waals surface area contributed by atoms with E-state index >= 15 is 0 Å². The molecule has 0 fully saturated rings. The van der Waals surface area contributed by atoms with Crippen LogP contribution in [-0.4, -0.2) is 21.2 Å². The normalized spacial score (nSPS) is 13.0. The molecule has 0 aliphatic rings. The maximum absolute atomic E-state index is 11.1. The number of rotatable bonds is 17. The Morgan fingerprint density at radius 3 is 1.64 bits per heavy atom. The van der Waals surface area contributed by atoms with Crippen molar-refractivity contribution in [3.8, 4) is 0 Å². The quantitative estimate of drug-likeness (QED) is 0.149. The number of hydrogen-bond acceptors (Lipinski definition) is 2. The van der Waals surface area contributed by atoms with E-state index in [0.717, 1.165) is 12.0 Å². The van der Waals surface area contributed by atoms with E-state index in [-0.39, 0.29) is 5.97 Å². The number of hydrogen-bond donors (Lipinski definition) is 0. The lowest BCUT2D eigenvalue weighted by Crippen LogP contribution is -2.28. The van der Waals surface area contributed by atoms with Gasteiger partial charge in [-0.3, -0.25) is 4.79 Å². The highest BCUT2D eigenvalue weighted by Gasteiger charge is 2.25. The van der Waals surface area contributed by atoms with Crippen LogP contribution in [0.3, 0.4) is 0 Å². The number of unbranched alkanes of at least 4 members (excludes halogenated alkanes) is 10. The smallest absolute Gasteiger partial charge is 0.305 e. The van der Waals surface area contributed by atoms with E-state index in [1.54, 1.807) is 0 Å². The van der Waals surface area contributed by atoms with E-state index in [4.69, 9.17) is 0 Å². The average molecular weight is 371 g/mol. The summed E-state index contributed by atoms with van der Waals surface area (Å²) in [5.41, 5.74) is 0.998. The summed E-state index contributed by atoms with van der Waals surface area (Å²) in [5, 5.41) is 0. The monoisotopic (exact) mass is 370 g/mol. The second kappa shape index (κ2) is 15.9. The van der Waals surface area contributed by atoms with Crippen molar-refractivity contribution in [3.63, 3.8) is 0 Å². The number of carbonyl (C=O) groups excluding carboxylic acids is 1. The van der Waals surface area contributed by atoms with Crippen molar-refractivity contribution in [3.05, 3.63) is 0 Å². The molecular formula is C22H46O2Si. The summed E-state index contributed by atoms with van der Waals surface area (Å²) in [5.74, 6) is -0.0616. The lowest BCUT2D eigenvalue weighted by molar-refractivity contribution is -0.140. The molecule has 2 nitrogen and oxygen atoms in total. The minimum atomic E-state index is -1.02. The molecule has 0 spiro atoms. The van der Waals surface area contributed by atoms with Crippen molar-refractivity contribution in [1.82, 2.24) is 0 Å². The summed E-state index contributed by atoms with van der Waals surface area (Å²) in [6, 6.07) is 0. The van der Waals surface area contributed by atoms with Gasteiger partial charge in [-0.2, -0.15) is 0 Å². The van der Waals surface area contributed by atoms with Crippen molar-refractivity contribution < 1.29 is 9.53 Å². The first-order valence-electron chi connectivity index (χ1n) is 11.0. The fourth-order valence-electron chi connectivity index (χ4n) is 3.65. The number of carbonyl (C=O) groups is 1. The van der Waals surface area contributed by atoms with Gasteiger partial charge in [-0.25, -0.2) is 0 Å². The Morgan fingerprint density at radius 2 is 1.20 bits per heavy atom. The summed E-state index contributed by atoms with van der Waals surface area (Å²) in [4.78, 5) is 11.1. The minimum Gasteiger partial charge on any atom is -0.469 e. The fourth-order valence-corrected chi connectivity index (χ4v) is 5.79. The Balaban J connectivity index is 3.74. The second-order valence-corrected chi connectivity index (χ2v) is 14.4. The van der Waals surface area contributed by atoms with Gasteiger partial charge in [0.25, 0.3) is 0 Å². The molecule has 0 radical (unpaired) electrons. The molecule has 0 saturated carbocycles. The van der Waals surface area contributed by atoms with E-state index < -0.39 is 8.07 Å². The molecule has 0 heterocycles. The third-order valence-corrected chi connectivity index (χ3v) is 8.57. The van der Waals surface area contributed by atoms with Gasteiger partial charge >= 0.3 is 5.97 Å². The Morgan fingerprint density at radius 1 is 0.760 bits per heavy atom. The van der Waals surface area contributed by atoms with Gasteiger partial charge in [0, 0.05) is 14.5 Å². The van der Waals surface area contributed by atoms with Gasteiger partial charge in [0.1, 0.15) is 0 Å². The molecule has 150 valence electrons. The van der Waals surface area contributed by atoms with Crippen LogP contribution in [0.15, 0.2) is 0 Å². The molecule has 3 heteroatoms. The van der Waals surface area contributed by atoms with Crippen molar-refractivity contribution in [2.45, 2.75) is 128 Å². The Kier molecular flexibility index (Phi) is 15.7. The molecule has 1 unspecified atom stereocenters. The summed E-state index contributed by atoms with van der Waals surface area (Å²) in [6.45, 7) is 9.94. The van der Waals surface area contributed by atoms with Crippen LogP contribution in [0.5, 0.6) is 0 Å². The highest BCUT2D eigenvalue weighted by molar-refractivity contribution is 6.77. The predicted octanol–water partition coefficient (Wildman–Crippen LogP) is 7.74. The molecule has 0 aromatic carbocycles. The molecule has 0 aromatic heterocycles. The zero-order valence-electron chi connectivity index (χ0n) is 18.0. The third kappa shape index (κ3) is 15.6. The molecule has 25 heavy (non-hydrogen) atoms. The van der Waals surface area contributed by atoms with E-state index in [2.05, 4.69) is 31.3 Å². The van der Waals surface area contributed by atoms with Crippen LogP contribution in [0.1, 0.15) is 103 Å². The highest BCUT2D eigenvalue weighted by Crippen LogP contribution is 2.33. The molecule has 0 aromatic rings. The zero-order chi connectivity index (χ0) is 19.0. The van der Waals surface area contributed by atoms with Gasteiger partial charge < -0.3 is 4.74 Å². The highest BCUT2D eigenvalue weighted by atomic mass is 28.3. The van der Waals surface area contributed by atoms with Gasteiger partial charge in [-0.1, -0.05) is 110 Å². The van der Waals surface area contributed by atoms with Crippen LogP contribution in [0.2, 0.25) is 25.2 Å². The molecule has 0 saturated heterocycles. The van der Waals surface area contributed by atoms with Crippen LogP contribution in [0.4, 0.5) is 0 Å². The third-order valence-electron chi connectivity index (χ3n) is 5.54. The van der Waals surface area contributed by atoms with Crippen molar-refractivity contribution >= 4 is 14.0 Å². The fraction of sp³-hybridized carbons (Fsp3) is 0.955. The summed E-state index contributed by atoms with van der Waals surface area (Å²) in [7, 11) is 0.452. The Labute approximate surface area is 159 Å². The van der Waals surface area contributed by atoms with Crippen LogP contribution in [-0.2, 0) is 9.53 Å². The number of ether oxygens (including phenoxy) is 1. The van der Waals surface area contributed by atoms with Gasteiger partial charge in [-0.05, 0) is 12.0 Å². The van der Waals surface area contributed by atoms with E-state index in [1.165, 1.54) is 90.6 Å². The predicted molar refractivity (Wildman–Crippen MR) is 114 cm³/mol. The van der Waals surface area contributed by atoms with Gasteiger partial charge in [0.2, 0.25) is 0 Å². The summed E-state index contributed by atoms with van der Waals surface area (Å²) in [6.07, 6.45) is 19.6. The molecule has 0 aliphatic carbocycles. The molecule has 0 bridgehead atoms. The van der Waals surface area contributed by atoms with Crippen molar-refractivity contribution in [2.75, 3.05) is 7.11 Å². The van der Waals surface area contributed by atoms with Crippen LogP contribution in [0, 0.1) is 0 Å². The lowest BCUT2D eigenvalue weighted by atomic mass is 10.0. The Bertz CT molecular complexity index is 310. The van der Waals surface area contributed by atoms with E-state index in [0.29, 0.717) is 6.42 Å². The molecule has 0 amide bonds. The summed E-state index contributed by atoms with van der Waals surface area (Å²) < 4.78 is 4.69. The minimum absolute atomic E-state index is 0.0616. The zero-order valence-corrected chi connectivity index (χ0v) is 19.0. The van der Waals surface area contributed by atoms with Gasteiger partial charge in [-0.15, -0.1) is 0 Å². The maximum atomic E-state index is 11.1. The lowest BCUT2D eigenvalue weighted by Gasteiger charge is -2.29. The van der Waals surface area contributed by atoms with Crippen molar-refractivity contribution in [2.24, 2.45) is 0 Å². The largest absolute Gasteiger partial charge is 0.469 e. The van der Waals surface area contributed by atoms with Gasteiger partial charge in [0.15, 0.2) is 0 Å². The van der Waals surface area contributed by atoms with Gasteiger partial charge in [0.05, 0.1) is 7.11 Å². The second-order valence-electron chi connectivity index (χ2n) is 8.86. The number of methoxy groups -OCH3 is 1. The van der Waals surface area contributed by atoms with Crippen LogP contribution >= 0.6 is 0 Å². The first kappa shape index (κ1) is 24.7. The van der Waals surface area contributed by atoms with Crippen LogP contribution < -0.4 is 0 Å². The summed E-state index contributed by atoms with van der Waals surface area (Å²) >= 11 is 0. The molecule has 0 N–H and O–H groups in total. The maximum Gasteiger partial charge on any atom is 0.305 e. The molecule has 1 atom stereocenters. The molecular weight excluding hydrogens is 324 g/mol. The SMILES string of the molecule is CCCCCCCCCC(CCCCCCCC(=O)OC)[Si](C)(C)C. The first-order chi connectivity index (χ1) is 11.9. The Hall–Kier alpha value is -0.313. The molecule has 0 aliphatic heterocycles. The van der Waals surface area contributed by atoms with E-state index in [9.17, 15) is 4.79 Å². The average Bonchev–Trinajstić information content (AvgIpc) is 2.56.